The Morgan fingerprint density at radius 1 is 1.62 bits per heavy atom. The SMILES string of the molecule is [O]CCN1C=CCC1. The van der Waals surface area contributed by atoms with Gasteiger partial charge in [0.1, 0.15) is 0 Å². The van der Waals surface area contributed by atoms with Crippen molar-refractivity contribution in [3.63, 3.8) is 0 Å². The van der Waals surface area contributed by atoms with Crippen LogP contribution in [0, 0.1) is 0 Å². The van der Waals surface area contributed by atoms with E-state index in [2.05, 4.69) is 6.08 Å². The van der Waals surface area contributed by atoms with E-state index in [4.69, 9.17) is 0 Å². The van der Waals surface area contributed by atoms with Gasteiger partial charge in [0.05, 0.1) is 6.61 Å². The Hall–Kier alpha value is -0.500. The van der Waals surface area contributed by atoms with Gasteiger partial charge in [-0.05, 0) is 12.6 Å². The van der Waals surface area contributed by atoms with Crippen molar-refractivity contribution in [3.05, 3.63) is 12.3 Å². The zero-order valence-electron chi connectivity index (χ0n) is 4.84. The first-order chi connectivity index (χ1) is 3.93. The maximum absolute atomic E-state index is 10.0. The van der Waals surface area contributed by atoms with Gasteiger partial charge in [-0.3, -0.25) is 0 Å². The van der Waals surface area contributed by atoms with Gasteiger partial charge in [0.25, 0.3) is 0 Å². The van der Waals surface area contributed by atoms with Crippen LogP contribution in [0.25, 0.3) is 0 Å². The molecule has 0 atom stereocenters. The van der Waals surface area contributed by atoms with Crippen molar-refractivity contribution in [1.29, 1.82) is 0 Å². The fourth-order valence-electron chi connectivity index (χ4n) is 0.842. The zero-order chi connectivity index (χ0) is 5.82. The summed E-state index contributed by atoms with van der Waals surface area (Å²) in [6.07, 6.45) is 5.20. The molecule has 0 fully saturated rings. The van der Waals surface area contributed by atoms with E-state index in [1.165, 1.54) is 0 Å². The number of nitrogens with zero attached hydrogens (tertiary/aromatic N) is 1. The summed E-state index contributed by atoms with van der Waals surface area (Å²) in [7, 11) is 0. The molecule has 0 N–H and O–H groups in total. The molecule has 1 rings (SSSR count). The summed E-state index contributed by atoms with van der Waals surface area (Å²) in [5.74, 6) is 0. The first kappa shape index (κ1) is 5.63. The second-order valence-corrected chi connectivity index (χ2v) is 1.91. The molecule has 0 unspecified atom stereocenters. The van der Waals surface area contributed by atoms with Gasteiger partial charge in [-0.15, -0.1) is 0 Å². The average Bonchev–Trinajstić information content (AvgIpc) is 2.19. The highest BCUT2D eigenvalue weighted by Gasteiger charge is 2.00. The lowest BCUT2D eigenvalue weighted by Crippen LogP contribution is -2.17. The molecule has 0 aromatic heterocycles. The summed E-state index contributed by atoms with van der Waals surface area (Å²) < 4.78 is 0. The number of rotatable bonds is 2. The predicted molar refractivity (Wildman–Crippen MR) is 30.9 cm³/mol. The maximum atomic E-state index is 10.0. The number of hydrogen-bond donors (Lipinski definition) is 0. The van der Waals surface area contributed by atoms with Crippen LogP contribution in [0.1, 0.15) is 6.42 Å². The highest BCUT2D eigenvalue weighted by Crippen LogP contribution is 2.01. The second-order valence-electron chi connectivity index (χ2n) is 1.91. The summed E-state index contributed by atoms with van der Waals surface area (Å²) >= 11 is 0. The topological polar surface area (TPSA) is 23.1 Å². The zero-order valence-corrected chi connectivity index (χ0v) is 4.84. The van der Waals surface area contributed by atoms with Crippen LogP contribution in [0.5, 0.6) is 0 Å². The molecule has 0 spiro atoms. The van der Waals surface area contributed by atoms with Crippen LogP contribution >= 0.6 is 0 Å². The molecular weight excluding hydrogens is 102 g/mol. The minimum Gasteiger partial charge on any atom is -0.375 e. The molecule has 8 heavy (non-hydrogen) atoms. The van der Waals surface area contributed by atoms with Gasteiger partial charge in [0.2, 0.25) is 0 Å². The van der Waals surface area contributed by atoms with Crippen LogP contribution in [-0.2, 0) is 5.11 Å². The molecule has 0 saturated carbocycles. The van der Waals surface area contributed by atoms with E-state index in [0.717, 1.165) is 13.0 Å². The molecule has 45 valence electrons. The van der Waals surface area contributed by atoms with Crippen LogP contribution in [0.15, 0.2) is 12.3 Å². The van der Waals surface area contributed by atoms with Crippen molar-refractivity contribution in [3.8, 4) is 0 Å². The Morgan fingerprint density at radius 2 is 2.50 bits per heavy atom. The molecule has 1 radical (unpaired) electrons. The fraction of sp³-hybridized carbons (Fsp3) is 0.667. The van der Waals surface area contributed by atoms with Crippen molar-refractivity contribution < 1.29 is 5.11 Å². The minimum absolute atomic E-state index is 0.0182. The lowest BCUT2D eigenvalue weighted by molar-refractivity contribution is 0.166. The van der Waals surface area contributed by atoms with Crippen molar-refractivity contribution in [2.24, 2.45) is 0 Å². The standard InChI is InChI=1S/C6H10NO/c8-6-5-7-3-1-2-4-7/h1,3H,2,4-6H2. The summed E-state index contributed by atoms with van der Waals surface area (Å²) in [6, 6.07) is 0. The first-order valence-electron chi connectivity index (χ1n) is 2.92. The predicted octanol–water partition coefficient (Wildman–Crippen LogP) is 0.636. The van der Waals surface area contributed by atoms with E-state index in [9.17, 15) is 5.11 Å². The lowest BCUT2D eigenvalue weighted by atomic mass is 10.5. The van der Waals surface area contributed by atoms with Crippen LogP contribution in [0.4, 0.5) is 0 Å². The summed E-state index contributed by atoms with van der Waals surface area (Å²) in [5.41, 5.74) is 0. The van der Waals surface area contributed by atoms with Gasteiger partial charge in [0, 0.05) is 13.1 Å². The largest absolute Gasteiger partial charge is 0.375 e. The molecular formula is C6H10NO. The fourth-order valence-corrected chi connectivity index (χ4v) is 0.842. The van der Waals surface area contributed by atoms with Crippen molar-refractivity contribution >= 4 is 0 Å². The molecule has 1 aliphatic rings. The van der Waals surface area contributed by atoms with Gasteiger partial charge in [-0.2, -0.15) is 0 Å². The molecule has 0 saturated heterocycles. The molecule has 0 aromatic carbocycles. The maximum Gasteiger partial charge on any atom is 0.0997 e. The van der Waals surface area contributed by atoms with Crippen LogP contribution in [0.3, 0.4) is 0 Å². The van der Waals surface area contributed by atoms with Crippen LogP contribution < -0.4 is 0 Å². The van der Waals surface area contributed by atoms with Gasteiger partial charge in [-0.1, -0.05) is 6.08 Å². The summed E-state index contributed by atoms with van der Waals surface area (Å²) in [6.45, 7) is 1.74. The Kier molecular flexibility index (Phi) is 1.92. The quantitative estimate of drug-likeness (QED) is 0.514. The molecule has 0 aliphatic carbocycles. The molecule has 1 aliphatic heterocycles. The molecule has 0 aromatic rings. The van der Waals surface area contributed by atoms with Gasteiger partial charge < -0.3 is 4.90 Å². The highest BCUT2D eigenvalue weighted by molar-refractivity contribution is 4.90. The van der Waals surface area contributed by atoms with E-state index in [1.54, 1.807) is 0 Å². The van der Waals surface area contributed by atoms with Crippen LogP contribution in [-0.4, -0.2) is 24.6 Å². The average molecular weight is 112 g/mol. The molecule has 2 nitrogen and oxygen atoms in total. The van der Waals surface area contributed by atoms with Crippen molar-refractivity contribution in [2.75, 3.05) is 19.7 Å². The summed E-state index contributed by atoms with van der Waals surface area (Å²) in [5, 5.41) is 10.0. The Bertz CT molecular complexity index is 90.5. The lowest BCUT2D eigenvalue weighted by Gasteiger charge is -2.10. The molecule has 2 heteroatoms. The highest BCUT2D eigenvalue weighted by atomic mass is 16.3. The third-order valence-corrected chi connectivity index (χ3v) is 1.28. The van der Waals surface area contributed by atoms with E-state index in [-0.39, 0.29) is 6.61 Å². The Balaban J connectivity index is 2.16. The third-order valence-electron chi connectivity index (χ3n) is 1.28. The third kappa shape index (κ3) is 1.23. The van der Waals surface area contributed by atoms with E-state index in [1.807, 2.05) is 11.1 Å². The number of hydrogen-bond acceptors (Lipinski definition) is 1. The summed E-state index contributed by atoms with van der Waals surface area (Å²) in [4.78, 5) is 2.05. The van der Waals surface area contributed by atoms with Gasteiger partial charge in [0.15, 0.2) is 0 Å². The molecule has 1 heterocycles. The van der Waals surface area contributed by atoms with Crippen LogP contribution in [0.2, 0.25) is 0 Å². The Labute approximate surface area is 49.4 Å². The minimum atomic E-state index is 0.0182. The van der Waals surface area contributed by atoms with Crippen molar-refractivity contribution in [1.82, 2.24) is 4.90 Å². The first-order valence-corrected chi connectivity index (χ1v) is 2.92. The molecule has 0 amide bonds. The second kappa shape index (κ2) is 2.72. The van der Waals surface area contributed by atoms with Gasteiger partial charge >= 0.3 is 0 Å². The molecule has 0 bridgehead atoms. The smallest absolute Gasteiger partial charge is 0.0997 e. The van der Waals surface area contributed by atoms with E-state index >= 15 is 0 Å². The van der Waals surface area contributed by atoms with Gasteiger partial charge in [-0.25, -0.2) is 5.11 Å². The monoisotopic (exact) mass is 112 g/mol. The Morgan fingerprint density at radius 3 is 3.00 bits per heavy atom. The van der Waals surface area contributed by atoms with E-state index < -0.39 is 0 Å². The van der Waals surface area contributed by atoms with E-state index in [0.29, 0.717) is 6.54 Å². The normalized spacial score (nSPS) is 17.9. The van der Waals surface area contributed by atoms with Crippen molar-refractivity contribution in [2.45, 2.75) is 6.42 Å².